The fraction of sp³-hybridized carbons (Fsp3) is 0.286. The van der Waals surface area contributed by atoms with Gasteiger partial charge in [0.25, 0.3) is 10.0 Å². The largest absolute Gasteiger partial charge is 0.494 e. The van der Waals surface area contributed by atoms with Crippen LogP contribution in [0.1, 0.15) is 17.0 Å². The zero-order valence-electron chi connectivity index (χ0n) is 11.0. The zero-order chi connectivity index (χ0) is 14.2. The van der Waals surface area contributed by atoms with Crippen LogP contribution >= 0.6 is 11.3 Å². The summed E-state index contributed by atoms with van der Waals surface area (Å²) in [5, 5.41) is 1.71. The summed E-state index contributed by atoms with van der Waals surface area (Å²) < 4.78 is 32.5. The van der Waals surface area contributed by atoms with Gasteiger partial charge in [-0.25, -0.2) is 13.1 Å². The number of rotatable bonds is 5. The van der Waals surface area contributed by atoms with E-state index in [2.05, 4.69) is 16.9 Å². The van der Waals surface area contributed by atoms with E-state index in [9.17, 15) is 8.42 Å². The standard InChI is InChI=1S/C14H15NO3S2/c1-18-13-6-7-19-14(13)20(16,17)15-9-11-8-10-4-2-3-5-12(10)11/h2-7,11,15H,8-9H2,1H3. The number of thiophene rings is 1. The molecule has 0 radical (unpaired) electrons. The van der Waals surface area contributed by atoms with Crippen molar-refractivity contribution in [1.82, 2.24) is 4.72 Å². The van der Waals surface area contributed by atoms with E-state index in [0.29, 0.717) is 12.3 Å². The van der Waals surface area contributed by atoms with E-state index in [4.69, 9.17) is 4.74 Å². The first-order chi connectivity index (χ1) is 9.62. The van der Waals surface area contributed by atoms with Crippen LogP contribution in [0.15, 0.2) is 39.9 Å². The molecule has 3 rings (SSSR count). The Morgan fingerprint density at radius 3 is 2.90 bits per heavy atom. The molecule has 1 unspecified atom stereocenters. The lowest BCUT2D eigenvalue weighted by atomic mass is 9.78. The highest BCUT2D eigenvalue weighted by molar-refractivity contribution is 7.91. The number of nitrogens with one attached hydrogen (secondary N) is 1. The minimum Gasteiger partial charge on any atom is -0.494 e. The topological polar surface area (TPSA) is 55.4 Å². The van der Waals surface area contributed by atoms with E-state index >= 15 is 0 Å². The molecule has 0 saturated heterocycles. The Bertz CT molecular complexity index is 722. The lowest BCUT2D eigenvalue weighted by molar-refractivity contribution is 0.406. The van der Waals surface area contributed by atoms with Gasteiger partial charge in [0.1, 0.15) is 5.75 Å². The van der Waals surface area contributed by atoms with Crippen molar-refractivity contribution < 1.29 is 13.2 Å². The molecule has 1 aliphatic carbocycles. The monoisotopic (exact) mass is 309 g/mol. The van der Waals surface area contributed by atoms with E-state index in [-0.39, 0.29) is 10.1 Å². The number of benzene rings is 1. The molecule has 0 bridgehead atoms. The van der Waals surface area contributed by atoms with Gasteiger partial charge in [-0.05, 0) is 29.0 Å². The smallest absolute Gasteiger partial charge is 0.253 e. The molecule has 1 aromatic heterocycles. The van der Waals surface area contributed by atoms with E-state index in [0.717, 1.165) is 6.42 Å². The molecule has 4 nitrogen and oxygen atoms in total. The van der Waals surface area contributed by atoms with Gasteiger partial charge in [0.05, 0.1) is 7.11 Å². The van der Waals surface area contributed by atoms with Crippen LogP contribution in [0.25, 0.3) is 0 Å². The van der Waals surface area contributed by atoms with Crippen molar-refractivity contribution in [2.45, 2.75) is 16.5 Å². The lowest BCUT2D eigenvalue weighted by Gasteiger charge is -2.30. The van der Waals surface area contributed by atoms with Gasteiger partial charge in [0.2, 0.25) is 0 Å². The van der Waals surface area contributed by atoms with Crippen LogP contribution in [0.2, 0.25) is 0 Å². The molecule has 0 saturated carbocycles. The van der Waals surface area contributed by atoms with Crippen LogP contribution in [0.4, 0.5) is 0 Å². The van der Waals surface area contributed by atoms with Gasteiger partial charge in [0, 0.05) is 12.5 Å². The lowest BCUT2D eigenvalue weighted by Crippen LogP contribution is -2.33. The first-order valence-electron chi connectivity index (χ1n) is 6.31. The Balaban J connectivity index is 1.70. The maximum atomic E-state index is 12.2. The van der Waals surface area contributed by atoms with E-state index in [1.807, 2.05) is 12.1 Å². The van der Waals surface area contributed by atoms with Crippen LogP contribution in [-0.2, 0) is 16.4 Å². The van der Waals surface area contributed by atoms with Gasteiger partial charge >= 0.3 is 0 Å². The highest BCUT2D eigenvalue weighted by Gasteiger charge is 2.28. The number of ether oxygens (including phenoxy) is 1. The Morgan fingerprint density at radius 2 is 2.15 bits per heavy atom. The number of sulfonamides is 1. The molecule has 0 aliphatic heterocycles. The molecule has 0 spiro atoms. The van der Waals surface area contributed by atoms with Crippen LogP contribution in [0.3, 0.4) is 0 Å². The van der Waals surface area contributed by atoms with E-state index < -0.39 is 10.0 Å². The Morgan fingerprint density at radius 1 is 1.35 bits per heavy atom. The van der Waals surface area contributed by atoms with Gasteiger partial charge in [-0.3, -0.25) is 0 Å². The molecule has 1 heterocycles. The van der Waals surface area contributed by atoms with Gasteiger partial charge < -0.3 is 4.74 Å². The predicted molar refractivity (Wildman–Crippen MR) is 78.9 cm³/mol. The summed E-state index contributed by atoms with van der Waals surface area (Å²) in [5.41, 5.74) is 2.55. The molecule has 20 heavy (non-hydrogen) atoms. The summed E-state index contributed by atoms with van der Waals surface area (Å²) >= 11 is 1.17. The molecule has 6 heteroatoms. The van der Waals surface area contributed by atoms with E-state index in [1.165, 1.54) is 29.6 Å². The maximum absolute atomic E-state index is 12.2. The quantitative estimate of drug-likeness (QED) is 0.922. The van der Waals surface area contributed by atoms with Crippen LogP contribution in [0, 0.1) is 0 Å². The molecule has 0 fully saturated rings. The summed E-state index contributed by atoms with van der Waals surface area (Å²) in [6.45, 7) is 0.431. The third-order valence-corrected chi connectivity index (χ3v) is 6.41. The molecular weight excluding hydrogens is 294 g/mol. The van der Waals surface area contributed by atoms with Crippen molar-refractivity contribution in [1.29, 1.82) is 0 Å². The first kappa shape index (κ1) is 13.6. The first-order valence-corrected chi connectivity index (χ1v) is 8.67. The molecule has 1 aliphatic rings. The highest BCUT2D eigenvalue weighted by Crippen LogP contribution is 2.35. The second-order valence-corrected chi connectivity index (χ2v) is 7.61. The second kappa shape index (κ2) is 5.20. The highest BCUT2D eigenvalue weighted by atomic mass is 32.2. The van der Waals surface area contributed by atoms with Gasteiger partial charge in [0.15, 0.2) is 4.21 Å². The van der Waals surface area contributed by atoms with Gasteiger partial charge in [-0.2, -0.15) is 0 Å². The summed E-state index contributed by atoms with van der Waals surface area (Å²) in [6, 6.07) is 9.81. The minimum absolute atomic E-state index is 0.243. The Hall–Kier alpha value is -1.37. The number of hydrogen-bond donors (Lipinski definition) is 1. The van der Waals surface area contributed by atoms with Crippen molar-refractivity contribution in [3.05, 3.63) is 46.8 Å². The predicted octanol–water partition coefficient (Wildman–Crippen LogP) is 2.37. The average molecular weight is 309 g/mol. The summed E-state index contributed by atoms with van der Waals surface area (Å²) in [5.74, 6) is 0.670. The fourth-order valence-corrected chi connectivity index (χ4v) is 4.85. The van der Waals surface area contributed by atoms with Gasteiger partial charge in [-0.15, -0.1) is 11.3 Å². The fourth-order valence-electron chi connectivity index (χ4n) is 2.45. The SMILES string of the molecule is COc1ccsc1S(=O)(=O)NCC1Cc2ccccc21. The van der Waals surface area contributed by atoms with Crippen LogP contribution < -0.4 is 9.46 Å². The Kier molecular flexibility index (Phi) is 3.54. The van der Waals surface area contributed by atoms with Crippen LogP contribution in [0.5, 0.6) is 5.75 Å². The summed E-state index contributed by atoms with van der Waals surface area (Å²) in [6.07, 6.45) is 0.931. The molecule has 2 aromatic rings. The van der Waals surface area contributed by atoms with Crippen molar-refractivity contribution in [2.24, 2.45) is 0 Å². The maximum Gasteiger partial charge on any atom is 0.253 e. The Labute approximate surface area is 122 Å². The normalized spacial score (nSPS) is 17.4. The molecule has 106 valence electrons. The number of fused-ring (bicyclic) bond motifs is 1. The summed E-state index contributed by atoms with van der Waals surface area (Å²) in [4.78, 5) is 0. The average Bonchev–Trinajstić information content (AvgIpc) is 2.89. The summed E-state index contributed by atoms with van der Waals surface area (Å²) in [7, 11) is -2.01. The molecular formula is C14H15NO3S2. The number of hydrogen-bond acceptors (Lipinski definition) is 4. The van der Waals surface area contributed by atoms with E-state index in [1.54, 1.807) is 11.4 Å². The third-order valence-electron chi connectivity index (χ3n) is 3.54. The van der Waals surface area contributed by atoms with Crippen molar-refractivity contribution in [3.8, 4) is 5.75 Å². The van der Waals surface area contributed by atoms with Crippen molar-refractivity contribution >= 4 is 21.4 Å². The second-order valence-electron chi connectivity index (χ2n) is 4.73. The number of methoxy groups -OCH3 is 1. The molecule has 1 atom stereocenters. The zero-order valence-corrected chi connectivity index (χ0v) is 12.6. The van der Waals surface area contributed by atoms with Crippen molar-refractivity contribution in [2.75, 3.05) is 13.7 Å². The van der Waals surface area contributed by atoms with Crippen molar-refractivity contribution in [3.63, 3.8) is 0 Å². The third kappa shape index (κ3) is 2.34. The minimum atomic E-state index is -3.49. The van der Waals surface area contributed by atoms with Gasteiger partial charge in [-0.1, -0.05) is 24.3 Å². The molecule has 1 N–H and O–H groups in total. The van der Waals surface area contributed by atoms with Crippen LogP contribution in [-0.4, -0.2) is 22.1 Å². The molecule has 0 amide bonds. The molecule has 1 aromatic carbocycles.